The van der Waals surface area contributed by atoms with Crippen LogP contribution in [-0.2, 0) is 16.1 Å². The molecule has 7 nitrogen and oxygen atoms in total. The minimum Gasteiger partial charge on any atom is -0.452 e. The number of anilines is 1. The highest BCUT2D eigenvalue weighted by atomic mass is 35.5. The monoisotopic (exact) mass is 371 g/mol. The summed E-state index contributed by atoms with van der Waals surface area (Å²) in [5.41, 5.74) is 1.50. The first-order valence-corrected chi connectivity index (χ1v) is 8.02. The van der Waals surface area contributed by atoms with Gasteiger partial charge in [0.05, 0.1) is 5.56 Å². The first-order chi connectivity index (χ1) is 12.5. The van der Waals surface area contributed by atoms with Gasteiger partial charge in [-0.25, -0.2) is 4.79 Å². The molecular weight excluding hydrogens is 358 g/mol. The lowest BCUT2D eigenvalue weighted by molar-refractivity contribution is -0.114. The minimum atomic E-state index is -0.570. The Morgan fingerprint density at radius 3 is 2.77 bits per heavy atom. The van der Waals surface area contributed by atoms with Crippen LogP contribution in [0.2, 0.25) is 5.02 Å². The largest absolute Gasteiger partial charge is 0.452 e. The molecule has 2 aromatic carbocycles. The molecule has 0 aliphatic heterocycles. The standard InChI is InChI=1S/C18H14ClN3O4/c1-11(23)20-15-7-3-5-13(9-15)18(24)25-10-16-21-17(22-26-16)12-4-2-6-14(19)8-12/h2-9H,10H2,1H3,(H,20,23). The second-order valence-corrected chi connectivity index (χ2v) is 5.80. The zero-order valence-electron chi connectivity index (χ0n) is 13.7. The van der Waals surface area contributed by atoms with Crippen LogP contribution in [0.1, 0.15) is 23.2 Å². The summed E-state index contributed by atoms with van der Waals surface area (Å²) < 4.78 is 10.3. The SMILES string of the molecule is CC(=O)Nc1cccc(C(=O)OCc2nc(-c3cccc(Cl)c3)no2)c1. The Morgan fingerprint density at radius 1 is 1.19 bits per heavy atom. The van der Waals surface area contributed by atoms with Crippen LogP contribution in [-0.4, -0.2) is 22.0 Å². The molecule has 0 bridgehead atoms. The fourth-order valence-electron chi connectivity index (χ4n) is 2.20. The summed E-state index contributed by atoms with van der Waals surface area (Å²) in [4.78, 5) is 27.4. The normalized spacial score (nSPS) is 10.4. The molecule has 0 saturated heterocycles. The number of hydrogen-bond donors (Lipinski definition) is 1. The molecule has 8 heteroatoms. The van der Waals surface area contributed by atoms with Gasteiger partial charge in [0, 0.05) is 23.2 Å². The summed E-state index contributed by atoms with van der Waals surface area (Å²) in [6.45, 7) is 1.22. The van der Waals surface area contributed by atoms with Gasteiger partial charge in [0.25, 0.3) is 5.89 Å². The number of amides is 1. The third-order valence-corrected chi connectivity index (χ3v) is 3.53. The van der Waals surface area contributed by atoms with Crippen LogP contribution in [0, 0.1) is 0 Å². The summed E-state index contributed by atoms with van der Waals surface area (Å²) in [6, 6.07) is 13.4. The lowest BCUT2D eigenvalue weighted by atomic mass is 10.2. The lowest BCUT2D eigenvalue weighted by Crippen LogP contribution is -2.09. The van der Waals surface area contributed by atoms with Gasteiger partial charge in [-0.05, 0) is 30.3 Å². The van der Waals surface area contributed by atoms with Gasteiger partial charge in [-0.3, -0.25) is 4.79 Å². The maximum Gasteiger partial charge on any atom is 0.338 e. The van der Waals surface area contributed by atoms with Crippen molar-refractivity contribution in [1.29, 1.82) is 0 Å². The van der Waals surface area contributed by atoms with Gasteiger partial charge in [0.1, 0.15) is 0 Å². The number of rotatable bonds is 5. The van der Waals surface area contributed by atoms with Crippen molar-refractivity contribution in [2.24, 2.45) is 0 Å². The first kappa shape index (κ1) is 17.6. The van der Waals surface area contributed by atoms with Crippen molar-refractivity contribution in [2.45, 2.75) is 13.5 Å². The predicted molar refractivity (Wildman–Crippen MR) is 94.6 cm³/mol. The van der Waals surface area contributed by atoms with E-state index in [1.807, 2.05) is 0 Å². The molecule has 1 N–H and O–H groups in total. The maximum absolute atomic E-state index is 12.1. The summed E-state index contributed by atoms with van der Waals surface area (Å²) >= 11 is 5.93. The molecule has 132 valence electrons. The Labute approximate surface area is 153 Å². The number of nitrogens with one attached hydrogen (secondary N) is 1. The number of halogens is 1. The first-order valence-electron chi connectivity index (χ1n) is 7.64. The van der Waals surface area contributed by atoms with Gasteiger partial charge in [-0.2, -0.15) is 4.98 Å². The highest BCUT2D eigenvalue weighted by molar-refractivity contribution is 6.30. The van der Waals surface area contributed by atoms with Gasteiger partial charge in [0.15, 0.2) is 6.61 Å². The Bertz CT molecular complexity index is 955. The van der Waals surface area contributed by atoms with E-state index in [4.69, 9.17) is 20.9 Å². The molecule has 0 saturated carbocycles. The molecule has 0 spiro atoms. The van der Waals surface area contributed by atoms with E-state index in [-0.39, 0.29) is 18.4 Å². The molecular formula is C18H14ClN3O4. The molecule has 26 heavy (non-hydrogen) atoms. The molecule has 0 aliphatic carbocycles. The van der Waals surface area contributed by atoms with E-state index >= 15 is 0 Å². The van der Waals surface area contributed by atoms with Crippen LogP contribution in [0.15, 0.2) is 53.1 Å². The number of carbonyl (C=O) groups is 2. The second-order valence-electron chi connectivity index (χ2n) is 5.36. The highest BCUT2D eigenvalue weighted by Crippen LogP contribution is 2.20. The minimum absolute atomic E-state index is 0.159. The van der Waals surface area contributed by atoms with Crippen molar-refractivity contribution in [1.82, 2.24) is 10.1 Å². The quantitative estimate of drug-likeness (QED) is 0.687. The molecule has 0 fully saturated rings. The lowest BCUT2D eigenvalue weighted by Gasteiger charge is -2.05. The number of esters is 1. The molecule has 1 heterocycles. The van der Waals surface area contributed by atoms with Crippen molar-refractivity contribution in [2.75, 3.05) is 5.32 Å². The molecule has 0 atom stereocenters. The Balaban J connectivity index is 1.64. The zero-order valence-corrected chi connectivity index (χ0v) is 14.5. The van der Waals surface area contributed by atoms with Crippen LogP contribution in [0.3, 0.4) is 0 Å². The topological polar surface area (TPSA) is 94.3 Å². The van der Waals surface area contributed by atoms with E-state index in [9.17, 15) is 9.59 Å². The summed E-state index contributed by atoms with van der Waals surface area (Å²) in [5.74, 6) is -0.285. The van der Waals surface area contributed by atoms with Crippen LogP contribution >= 0.6 is 11.6 Å². The van der Waals surface area contributed by atoms with Crippen molar-refractivity contribution in [3.63, 3.8) is 0 Å². The second kappa shape index (κ2) is 7.79. The van der Waals surface area contributed by atoms with Gasteiger partial charge in [-0.1, -0.05) is 35.0 Å². The van der Waals surface area contributed by atoms with E-state index in [1.165, 1.54) is 13.0 Å². The number of benzene rings is 2. The number of carbonyl (C=O) groups excluding carboxylic acids is 2. The number of nitrogens with zero attached hydrogens (tertiary/aromatic N) is 2. The number of ether oxygens (including phenoxy) is 1. The van der Waals surface area contributed by atoms with Crippen molar-refractivity contribution in [3.05, 3.63) is 65.0 Å². The zero-order chi connectivity index (χ0) is 18.5. The van der Waals surface area contributed by atoms with Crippen LogP contribution < -0.4 is 5.32 Å². The molecule has 0 aliphatic rings. The highest BCUT2D eigenvalue weighted by Gasteiger charge is 2.13. The predicted octanol–water partition coefficient (Wildman–Crippen LogP) is 3.71. The van der Waals surface area contributed by atoms with Crippen molar-refractivity contribution in [3.8, 4) is 11.4 Å². The molecule has 3 rings (SSSR count). The Kier molecular flexibility index (Phi) is 5.28. The van der Waals surface area contributed by atoms with E-state index in [2.05, 4.69) is 15.5 Å². The summed E-state index contributed by atoms with van der Waals surface area (Å²) in [7, 11) is 0. The van der Waals surface area contributed by atoms with Crippen LogP contribution in [0.5, 0.6) is 0 Å². The fraction of sp³-hybridized carbons (Fsp3) is 0.111. The third-order valence-electron chi connectivity index (χ3n) is 3.30. The third kappa shape index (κ3) is 4.46. The van der Waals surface area contributed by atoms with E-state index in [1.54, 1.807) is 42.5 Å². The molecule has 1 aromatic heterocycles. The van der Waals surface area contributed by atoms with Crippen LogP contribution in [0.25, 0.3) is 11.4 Å². The Morgan fingerprint density at radius 2 is 2.00 bits per heavy atom. The van der Waals surface area contributed by atoms with Gasteiger partial charge >= 0.3 is 5.97 Å². The van der Waals surface area contributed by atoms with Crippen LogP contribution in [0.4, 0.5) is 5.69 Å². The van der Waals surface area contributed by atoms with Crippen molar-refractivity contribution >= 4 is 29.2 Å². The Hall–Kier alpha value is -3.19. The summed E-state index contributed by atoms with van der Waals surface area (Å²) in [6.07, 6.45) is 0. The van der Waals surface area contributed by atoms with Crippen molar-refractivity contribution < 1.29 is 18.8 Å². The average Bonchev–Trinajstić information content (AvgIpc) is 3.08. The molecule has 1 amide bonds. The number of hydrogen-bond acceptors (Lipinski definition) is 6. The van der Waals surface area contributed by atoms with E-state index < -0.39 is 5.97 Å². The molecule has 0 unspecified atom stereocenters. The fourth-order valence-corrected chi connectivity index (χ4v) is 2.39. The summed E-state index contributed by atoms with van der Waals surface area (Å²) in [5, 5.41) is 7.00. The smallest absolute Gasteiger partial charge is 0.338 e. The van der Waals surface area contributed by atoms with Gasteiger partial charge in [-0.15, -0.1) is 0 Å². The van der Waals surface area contributed by atoms with E-state index in [0.717, 1.165) is 0 Å². The van der Waals surface area contributed by atoms with Gasteiger partial charge < -0.3 is 14.6 Å². The molecule has 0 radical (unpaired) electrons. The number of aromatic nitrogens is 2. The van der Waals surface area contributed by atoms with Gasteiger partial charge in [0.2, 0.25) is 11.7 Å². The molecule has 3 aromatic rings. The maximum atomic E-state index is 12.1. The van der Waals surface area contributed by atoms with E-state index in [0.29, 0.717) is 27.7 Å². The average molecular weight is 372 g/mol.